The van der Waals surface area contributed by atoms with E-state index < -0.39 is 17.7 Å². The summed E-state index contributed by atoms with van der Waals surface area (Å²) in [5.74, 6) is -1.88. The van der Waals surface area contributed by atoms with Gasteiger partial charge in [-0.05, 0) is 80.9 Å². The molecule has 2 aromatic rings. The molecule has 1 fully saturated rings. The molecule has 0 bridgehead atoms. The lowest BCUT2D eigenvalue weighted by molar-refractivity contribution is -0.140. The van der Waals surface area contributed by atoms with Crippen molar-refractivity contribution in [1.82, 2.24) is 14.8 Å². The maximum Gasteiger partial charge on any atom is 0.295 e. The maximum atomic E-state index is 13.1. The second-order valence-electron chi connectivity index (χ2n) is 8.11. The van der Waals surface area contributed by atoms with Crippen LogP contribution in [0.4, 0.5) is 0 Å². The minimum atomic E-state index is -0.746. The smallest absolute Gasteiger partial charge is 0.295 e. The molecule has 0 saturated carbocycles. The Morgan fingerprint density at radius 3 is 2.34 bits per heavy atom. The molecule has 1 amide bonds. The molecule has 1 aliphatic heterocycles. The average molecular weight is 438 g/mol. The number of hydrogen-bond donors (Lipinski definition) is 2. The van der Waals surface area contributed by atoms with E-state index in [-0.39, 0.29) is 22.6 Å². The fourth-order valence-corrected chi connectivity index (χ4v) is 4.14. The van der Waals surface area contributed by atoms with Gasteiger partial charge in [0.25, 0.3) is 11.7 Å². The molecule has 7 heteroatoms. The Balaban J connectivity index is 2.06. The van der Waals surface area contributed by atoms with Gasteiger partial charge in [0, 0.05) is 18.9 Å². The van der Waals surface area contributed by atoms with Crippen LogP contribution in [0, 0.1) is 13.8 Å². The Morgan fingerprint density at radius 2 is 1.72 bits per heavy atom. The summed E-state index contributed by atoms with van der Waals surface area (Å²) in [5.41, 5.74) is 2.54. The van der Waals surface area contributed by atoms with E-state index in [4.69, 9.17) is 0 Å². The van der Waals surface area contributed by atoms with Crippen LogP contribution in [0.5, 0.6) is 5.75 Å². The number of aromatic nitrogens is 1. The van der Waals surface area contributed by atoms with Crippen molar-refractivity contribution in [2.24, 2.45) is 0 Å². The molecule has 7 nitrogen and oxygen atoms in total. The van der Waals surface area contributed by atoms with Gasteiger partial charge in [-0.1, -0.05) is 13.8 Å². The van der Waals surface area contributed by atoms with Crippen molar-refractivity contribution in [3.63, 3.8) is 0 Å². The molecule has 1 atom stereocenters. The van der Waals surface area contributed by atoms with Crippen LogP contribution in [0.2, 0.25) is 0 Å². The van der Waals surface area contributed by atoms with E-state index in [1.807, 2.05) is 13.8 Å². The van der Waals surface area contributed by atoms with Crippen LogP contribution in [-0.4, -0.2) is 62.9 Å². The Kier molecular flexibility index (Phi) is 7.30. The predicted molar refractivity (Wildman–Crippen MR) is 123 cm³/mol. The molecule has 2 heterocycles. The molecule has 1 unspecified atom stereocenters. The lowest BCUT2D eigenvalue weighted by atomic mass is 9.94. The molecular weight excluding hydrogens is 406 g/mol. The summed E-state index contributed by atoms with van der Waals surface area (Å²) in [7, 11) is 0. The van der Waals surface area contributed by atoms with Gasteiger partial charge in [0.05, 0.1) is 17.2 Å². The predicted octanol–water partition coefficient (Wildman–Crippen LogP) is 3.56. The summed E-state index contributed by atoms with van der Waals surface area (Å²) < 4.78 is 0. The molecular formula is C25H31N3O4. The van der Waals surface area contributed by atoms with Crippen LogP contribution in [0.1, 0.15) is 48.6 Å². The Labute approximate surface area is 189 Å². The molecule has 1 aromatic carbocycles. The van der Waals surface area contributed by atoms with Gasteiger partial charge >= 0.3 is 0 Å². The van der Waals surface area contributed by atoms with E-state index in [0.717, 1.165) is 30.8 Å². The lowest BCUT2D eigenvalue weighted by Gasteiger charge is -2.26. The zero-order valence-electron chi connectivity index (χ0n) is 19.1. The number of pyridine rings is 1. The molecule has 32 heavy (non-hydrogen) atoms. The van der Waals surface area contributed by atoms with Gasteiger partial charge in [-0.3, -0.25) is 14.6 Å². The SMILES string of the molecule is CCN(CC)CCCN1C(=O)C(=O)/C(=C(/O)c2cc(C)c(C)cc2O)C1c1ccncc1. The van der Waals surface area contributed by atoms with Crippen molar-refractivity contribution in [2.75, 3.05) is 26.2 Å². The quantitative estimate of drug-likeness (QED) is 0.373. The first-order valence-corrected chi connectivity index (χ1v) is 11.0. The zero-order valence-corrected chi connectivity index (χ0v) is 19.1. The van der Waals surface area contributed by atoms with E-state index >= 15 is 0 Å². The maximum absolute atomic E-state index is 13.1. The lowest BCUT2D eigenvalue weighted by Crippen LogP contribution is -2.33. The van der Waals surface area contributed by atoms with E-state index in [1.165, 1.54) is 4.90 Å². The summed E-state index contributed by atoms with van der Waals surface area (Å²) >= 11 is 0. The number of hydrogen-bond acceptors (Lipinski definition) is 6. The van der Waals surface area contributed by atoms with Crippen LogP contribution >= 0.6 is 0 Å². The first-order valence-electron chi connectivity index (χ1n) is 11.0. The second-order valence-corrected chi connectivity index (χ2v) is 8.11. The van der Waals surface area contributed by atoms with Crippen molar-refractivity contribution >= 4 is 17.4 Å². The number of likely N-dealkylation sites (tertiary alicyclic amines) is 1. The second kappa shape index (κ2) is 9.96. The fourth-order valence-electron chi connectivity index (χ4n) is 4.14. The Bertz CT molecular complexity index is 1030. The van der Waals surface area contributed by atoms with Gasteiger partial charge in [0.15, 0.2) is 0 Å². The third-order valence-electron chi connectivity index (χ3n) is 6.20. The van der Waals surface area contributed by atoms with Crippen molar-refractivity contribution in [1.29, 1.82) is 0 Å². The number of benzene rings is 1. The number of Topliss-reactive ketones (excluding diaryl/α,β-unsaturated/α-hetero) is 1. The zero-order chi connectivity index (χ0) is 23.4. The van der Waals surface area contributed by atoms with E-state index in [9.17, 15) is 19.8 Å². The molecule has 0 aliphatic carbocycles. The number of carbonyl (C=O) groups is 2. The average Bonchev–Trinajstić information content (AvgIpc) is 3.04. The number of ketones is 1. The van der Waals surface area contributed by atoms with Gasteiger partial charge in [-0.25, -0.2) is 0 Å². The molecule has 1 saturated heterocycles. The first kappa shape index (κ1) is 23.5. The number of amides is 1. The number of phenolic OH excluding ortho intramolecular Hbond substituents is 1. The van der Waals surface area contributed by atoms with E-state index in [0.29, 0.717) is 18.5 Å². The van der Waals surface area contributed by atoms with Crippen LogP contribution in [-0.2, 0) is 9.59 Å². The highest BCUT2D eigenvalue weighted by Crippen LogP contribution is 2.41. The largest absolute Gasteiger partial charge is 0.507 e. The highest BCUT2D eigenvalue weighted by molar-refractivity contribution is 6.46. The number of aliphatic hydroxyl groups excluding tert-OH is 1. The molecule has 1 aliphatic rings. The highest BCUT2D eigenvalue weighted by Gasteiger charge is 2.46. The third-order valence-corrected chi connectivity index (χ3v) is 6.20. The topological polar surface area (TPSA) is 94.0 Å². The van der Waals surface area contributed by atoms with Crippen molar-refractivity contribution < 1.29 is 19.8 Å². The first-order chi connectivity index (χ1) is 15.3. The summed E-state index contributed by atoms with van der Waals surface area (Å²) in [6.45, 7) is 10.9. The number of phenols is 1. The van der Waals surface area contributed by atoms with Gasteiger partial charge in [-0.2, -0.15) is 0 Å². The number of aryl methyl sites for hydroxylation is 2. The Morgan fingerprint density at radius 1 is 1.09 bits per heavy atom. The number of aromatic hydroxyl groups is 1. The Hall–Kier alpha value is -3.19. The van der Waals surface area contributed by atoms with Gasteiger partial charge < -0.3 is 20.0 Å². The molecule has 170 valence electrons. The minimum Gasteiger partial charge on any atom is -0.507 e. The summed E-state index contributed by atoms with van der Waals surface area (Å²) in [5, 5.41) is 21.6. The van der Waals surface area contributed by atoms with Crippen molar-refractivity contribution in [3.8, 4) is 5.75 Å². The fraction of sp³-hybridized carbons (Fsp3) is 0.400. The number of nitrogens with zero attached hydrogens (tertiary/aromatic N) is 3. The van der Waals surface area contributed by atoms with E-state index in [2.05, 4.69) is 23.7 Å². The number of carbonyl (C=O) groups excluding carboxylic acids is 2. The van der Waals surface area contributed by atoms with Crippen LogP contribution in [0.15, 0.2) is 42.2 Å². The summed E-state index contributed by atoms with van der Waals surface area (Å²) in [6, 6.07) is 5.92. The van der Waals surface area contributed by atoms with Crippen molar-refractivity contribution in [3.05, 3.63) is 64.5 Å². The standard InChI is InChI=1S/C25H31N3O4/c1-5-27(6-2)12-7-13-28-22(18-8-10-26-11-9-18)21(24(31)25(28)32)23(30)19-14-16(3)17(4)15-20(19)29/h8-11,14-15,22,29-30H,5-7,12-13H2,1-4H3/b23-21+. The molecule has 0 radical (unpaired) electrons. The van der Waals surface area contributed by atoms with Crippen molar-refractivity contribution in [2.45, 2.75) is 40.2 Å². The van der Waals surface area contributed by atoms with Crippen LogP contribution < -0.4 is 0 Å². The van der Waals surface area contributed by atoms with E-state index in [1.54, 1.807) is 36.7 Å². The molecule has 1 aromatic heterocycles. The molecule has 3 rings (SSSR count). The summed E-state index contributed by atoms with van der Waals surface area (Å²) in [4.78, 5) is 33.9. The van der Waals surface area contributed by atoms with Gasteiger partial charge in [0.1, 0.15) is 11.5 Å². The number of rotatable bonds is 8. The molecule has 0 spiro atoms. The van der Waals surface area contributed by atoms with Gasteiger partial charge in [0.2, 0.25) is 0 Å². The minimum absolute atomic E-state index is 0.0115. The highest BCUT2D eigenvalue weighted by atomic mass is 16.3. The molecule has 2 N–H and O–H groups in total. The van der Waals surface area contributed by atoms with Crippen LogP contribution in [0.25, 0.3) is 5.76 Å². The monoisotopic (exact) mass is 437 g/mol. The summed E-state index contributed by atoms with van der Waals surface area (Å²) in [6.07, 6.45) is 3.89. The normalized spacial score (nSPS) is 18.0. The van der Waals surface area contributed by atoms with Gasteiger partial charge in [-0.15, -0.1) is 0 Å². The van der Waals surface area contributed by atoms with Crippen LogP contribution in [0.3, 0.4) is 0 Å². The number of aliphatic hydroxyl groups is 1. The third kappa shape index (κ3) is 4.53.